The first-order valence-corrected chi connectivity index (χ1v) is 9.08. The van der Waals surface area contributed by atoms with Gasteiger partial charge in [0.15, 0.2) is 0 Å². The number of nitrogens with zero attached hydrogens (tertiary/aromatic N) is 2. The fourth-order valence-corrected chi connectivity index (χ4v) is 3.41. The summed E-state index contributed by atoms with van der Waals surface area (Å²) in [5.41, 5.74) is 0.696. The maximum Gasteiger partial charge on any atom is 0.301 e. The Morgan fingerprint density at radius 2 is 1.69 bits per heavy atom. The summed E-state index contributed by atoms with van der Waals surface area (Å²) in [4.78, 5) is 31.1. The number of benzene rings is 2. The van der Waals surface area contributed by atoms with Crippen LogP contribution in [0.4, 0.5) is 10.2 Å². The molecule has 0 spiro atoms. The van der Waals surface area contributed by atoms with E-state index in [1.807, 2.05) is 0 Å². The minimum atomic E-state index is -0.957. The average molecular weight is 409 g/mol. The molecule has 0 radical (unpaired) electrons. The molecule has 2 heterocycles. The van der Waals surface area contributed by atoms with Crippen LogP contribution < -0.4 is 4.90 Å². The topological polar surface area (TPSA) is 70.5 Å². The maximum absolute atomic E-state index is 13.5. The van der Waals surface area contributed by atoms with Gasteiger partial charge in [-0.2, -0.15) is 0 Å². The van der Waals surface area contributed by atoms with Crippen molar-refractivity contribution >= 4 is 34.9 Å². The molecule has 0 saturated carbocycles. The Labute approximate surface area is 170 Å². The molecule has 2 aromatic carbocycles. The number of anilines is 1. The van der Waals surface area contributed by atoms with E-state index in [0.29, 0.717) is 16.1 Å². The van der Waals surface area contributed by atoms with Gasteiger partial charge in [0.1, 0.15) is 17.4 Å². The molecule has 0 aliphatic carbocycles. The predicted octanol–water partition coefficient (Wildman–Crippen LogP) is 4.50. The monoisotopic (exact) mass is 408 g/mol. The van der Waals surface area contributed by atoms with E-state index in [1.165, 1.54) is 35.4 Å². The highest BCUT2D eigenvalue weighted by Gasteiger charge is 2.47. The molecule has 7 heteroatoms. The zero-order valence-electron chi connectivity index (χ0n) is 14.9. The Hall–Kier alpha value is -3.51. The van der Waals surface area contributed by atoms with Gasteiger partial charge < -0.3 is 5.11 Å². The second kappa shape index (κ2) is 7.48. The third kappa shape index (κ3) is 3.39. The van der Waals surface area contributed by atoms with Gasteiger partial charge in [0, 0.05) is 16.8 Å². The Morgan fingerprint density at radius 3 is 2.31 bits per heavy atom. The number of aromatic nitrogens is 1. The number of carbonyl (C=O) groups is 2. The lowest BCUT2D eigenvalue weighted by Gasteiger charge is -2.24. The molecule has 5 nitrogen and oxygen atoms in total. The lowest BCUT2D eigenvalue weighted by Crippen LogP contribution is -2.30. The smallest absolute Gasteiger partial charge is 0.301 e. The third-order valence-electron chi connectivity index (χ3n) is 4.64. The second-order valence-electron chi connectivity index (χ2n) is 6.42. The number of aliphatic hydroxyl groups excluding tert-OH is 1. The summed E-state index contributed by atoms with van der Waals surface area (Å²) in [7, 11) is 0. The molecular weight excluding hydrogens is 395 g/mol. The van der Waals surface area contributed by atoms with E-state index in [0.717, 1.165) is 0 Å². The van der Waals surface area contributed by atoms with Crippen molar-refractivity contribution in [2.75, 3.05) is 4.90 Å². The first-order valence-electron chi connectivity index (χ1n) is 8.71. The number of Topliss-reactive ketones (excluding diaryl/α,β-unsaturated/α-hetero) is 1. The van der Waals surface area contributed by atoms with E-state index < -0.39 is 23.5 Å². The molecule has 1 amide bonds. The van der Waals surface area contributed by atoms with Gasteiger partial charge in [-0.1, -0.05) is 29.8 Å². The second-order valence-corrected chi connectivity index (χ2v) is 6.85. The molecule has 3 aromatic rings. The standard InChI is InChI=1S/C22H14ClFN2O3/c23-15-8-4-14(5-9-15)20(27)18-19(13-6-10-16(24)11-7-13)26(22(29)21(18)28)17-3-1-2-12-25-17/h1-12,19,27H/t19-/m0/s1. The minimum absolute atomic E-state index is 0.102. The fraction of sp³-hybridized carbons (Fsp3) is 0.0455. The number of aliphatic hydroxyl groups is 1. The van der Waals surface area contributed by atoms with E-state index in [4.69, 9.17) is 11.6 Å². The zero-order valence-corrected chi connectivity index (χ0v) is 15.7. The van der Waals surface area contributed by atoms with Gasteiger partial charge in [-0.15, -0.1) is 0 Å². The van der Waals surface area contributed by atoms with Crippen molar-refractivity contribution in [1.29, 1.82) is 0 Å². The van der Waals surface area contributed by atoms with E-state index >= 15 is 0 Å². The van der Waals surface area contributed by atoms with Gasteiger partial charge in [-0.25, -0.2) is 9.37 Å². The molecule has 1 saturated heterocycles. The van der Waals surface area contributed by atoms with Crippen LogP contribution in [0.15, 0.2) is 78.5 Å². The lowest BCUT2D eigenvalue weighted by molar-refractivity contribution is -0.132. The maximum atomic E-state index is 13.5. The summed E-state index contributed by atoms with van der Waals surface area (Å²) < 4.78 is 13.5. The molecular formula is C22H14ClFN2O3. The van der Waals surface area contributed by atoms with Crippen LogP contribution in [0.25, 0.3) is 5.76 Å². The number of hydrogen-bond acceptors (Lipinski definition) is 4. The van der Waals surface area contributed by atoms with Crippen molar-refractivity contribution < 1.29 is 19.1 Å². The van der Waals surface area contributed by atoms with Crippen molar-refractivity contribution in [3.63, 3.8) is 0 Å². The summed E-state index contributed by atoms with van der Waals surface area (Å²) in [5.74, 6) is -2.22. The van der Waals surface area contributed by atoms with Crippen molar-refractivity contribution in [3.8, 4) is 0 Å². The Bertz CT molecular complexity index is 1110. The van der Waals surface area contributed by atoms with Crippen LogP contribution in [0, 0.1) is 5.82 Å². The number of rotatable bonds is 3. The van der Waals surface area contributed by atoms with Crippen molar-refractivity contribution in [2.45, 2.75) is 6.04 Å². The molecule has 0 bridgehead atoms. The van der Waals surface area contributed by atoms with Gasteiger partial charge >= 0.3 is 5.91 Å². The predicted molar refractivity (Wildman–Crippen MR) is 107 cm³/mol. The number of pyridine rings is 1. The number of amides is 1. The highest BCUT2D eigenvalue weighted by Crippen LogP contribution is 2.41. The van der Waals surface area contributed by atoms with Crippen LogP contribution in [0.2, 0.25) is 5.02 Å². The summed E-state index contributed by atoms with van der Waals surface area (Å²) in [6, 6.07) is 15.6. The molecule has 1 N–H and O–H groups in total. The van der Waals surface area contributed by atoms with Crippen LogP contribution in [-0.4, -0.2) is 21.8 Å². The third-order valence-corrected chi connectivity index (χ3v) is 4.90. The molecule has 144 valence electrons. The van der Waals surface area contributed by atoms with Crippen molar-refractivity contribution in [2.24, 2.45) is 0 Å². The minimum Gasteiger partial charge on any atom is -0.507 e. The van der Waals surface area contributed by atoms with Crippen molar-refractivity contribution in [1.82, 2.24) is 4.98 Å². The van der Waals surface area contributed by atoms with E-state index in [-0.39, 0.29) is 17.2 Å². The molecule has 1 atom stereocenters. The van der Waals surface area contributed by atoms with Crippen LogP contribution in [0.5, 0.6) is 0 Å². The molecule has 29 heavy (non-hydrogen) atoms. The van der Waals surface area contributed by atoms with E-state index in [9.17, 15) is 19.1 Å². The molecule has 1 fully saturated rings. The molecule has 0 unspecified atom stereocenters. The van der Waals surface area contributed by atoms with Gasteiger partial charge in [0.25, 0.3) is 5.78 Å². The molecule has 4 rings (SSSR count). The summed E-state index contributed by atoms with van der Waals surface area (Å²) in [6.45, 7) is 0. The van der Waals surface area contributed by atoms with Gasteiger partial charge in [-0.3, -0.25) is 14.5 Å². The van der Waals surface area contributed by atoms with Gasteiger partial charge in [0.2, 0.25) is 0 Å². The fourth-order valence-electron chi connectivity index (χ4n) is 3.29. The normalized spacial score (nSPS) is 18.3. The van der Waals surface area contributed by atoms with E-state index in [1.54, 1.807) is 42.5 Å². The summed E-state index contributed by atoms with van der Waals surface area (Å²) in [6.07, 6.45) is 1.50. The summed E-state index contributed by atoms with van der Waals surface area (Å²) in [5, 5.41) is 11.4. The van der Waals surface area contributed by atoms with Crippen LogP contribution in [-0.2, 0) is 9.59 Å². The SMILES string of the molecule is O=C1C(=O)N(c2ccccn2)[C@@H](c2ccc(F)cc2)C1=C(O)c1ccc(Cl)cc1. The quantitative estimate of drug-likeness (QED) is 0.393. The molecule has 1 aromatic heterocycles. The molecule has 1 aliphatic rings. The highest BCUT2D eigenvalue weighted by molar-refractivity contribution is 6.51. The first kappa shape index (κ1) is 18.8. The molecule has 1 aliphatic heterocycles. The van der Waals surface area contributed by atoms with Crippen LogP contribution in [0.1, 0.15) is 17.2 Å². The highest BCUT2D eigenvalue weighted by atomic mass is 35.5. The largest absolute Gasteiger partial charge is 0.507 e. The van der Waals surface area contributed by atoms with Gasteiger partial charge in [-0.05, 0) is 54.1 Å². The number of halogens is 2. The van der Waals surface area contributed by atoms with Gasteiger partial charge in [0.05, 0.1) is 11.6 Å². The van der Waals surface area contributed by atoms with Crippen LogP contribution >= 0.6 is 11.6 Å². The van der Waals surface area contributed by atoms with E-state index in [2.05, 4.69) is 4.98 Å². The van der Waals surface area contributed by atoms with Crippen LogP contribution in [0.3, 0.4) is 0 Å². The van der Waals surface area contributed by atoms with Crippen molar-refractivity contribution in [3.05, 3.63) is 100 Å². The zero-order chi connectivity index (χ0) is 20.5. The average Bonchev–Trinajstić information content (AvgIpc) is 3.00. The lowest BCUT2D eigenvalue weighted by atomic mass is 9.95. The Balaban J connectivity index is 1.94. The number of hydrogen-bond donors (Lipinski definition) is 1. The first-order chi connectivity index (χ1) is 14.0. The summed E-state index contributed by atoms with van der Waals surface area (Å²) >= 11 is 5.90. The Kier molecular flexibility index (Phi) is 4.86. The number of carbonyl (C=O) groups excluding carboxylic acids is 2. The number of ketones is 1. The Morgan fingerprint density at radius 1 is 1.00 bits per heavy atom.